The number of amides is 1. The van der Waals surface area contributed by atoms with E-state index < -0.39 is 17.5 Å². The molecule has 6 heteroatoms. The van der Waals surface area contributed by atoms with Crippen LogP contribution in [0.25, 0.3) is 0 Å². The maximum atomic E-state index is 13.5. The summed E-state index contributed by atoms with van der Waals surface area (Å²) in [7, 11) is 0. The SMILES string of the molecule is C/C(=N\NC(=O)c1ccc(N)cc1)c1ccc(F)cc1F. The van der Waals surface area contributed by atoms with Crippen LogP contribution < -0.4 is 11.2 Å². The topological polar surface area (TPSA) is 67.5 Å². The summed E-state index contributed by atoms with van der Waals surface area (Å²) in [5.41, 5.74) is 9.10. The molecule has 0 aliphatic heterocycles. The Bertz CT molecular complexity index is 697. The fourth-order valence-electron chi connectivity index (χ4n) is 1.68. The van der Waals surface area contributed by atoms with Crippen LogP contribution in [0.2, 0.25) is 0 Å². The molecule has 2 rings (SSSR count). The molecule has 0 fully saturated rings. The highest BCUT2D eigenvalue weighted by molar-refractivity contribution is 6.01. The number of carbonyl (C=O) groups is 1. The van der Waals surface area contributed by atoms with Gasteiger partial charge in [-0.2, -0.15) is 5.10 Å². The molecule has 21 heavy (non-hydrogen) atoms. The number of nitrogens with one attached hydrogen (secondary N) is 1. The van der Waals surface area contributed by atoms with Crippen molar-refractivity contribution in [2.45, 2.75) is 6.92 Å². The van der Waals surface area contributed by atoms with Crippen molar-refractivity contribution in [2.24, 2.45) is 5.10 Å². The number of nitrogen functional groups attached to an aromatic ring is 1. The average molecular weight is 289 g/mol. The third kappa shape index (κ3) is 3.62. The van der Waals surface area contributed by atoms with E-state index >= 15 is 0 Å². The van der Waals surface area contributed by atoms with Crippen molar-refractivity contribution in [3.8, 4) is 0 Å². The van der Waals surface area contributed by atoms with E-state index in [0.717, 1.165) is 12.1 Å². The normalized spacial score (nSPS) is 11.3. The number of hydrazone groups is 1. The fraction of sp³-hybridized carbons (Fsp3) is 0.0667. The van der Waals surface area contributed by atoms with Crippen LogP contribution in [0, 0.1) is 11.6 Å². The van der Waals surface area contributed by atoms with E-state index in [4.69, 9.17) is 5.73 Å². The van der Waals surface area contributed by atoms with Gasteiger partial charge in [0, 0.05) is 22.9 Å². The van der Waals surface area contributed by atoms with E-state index in [1.54, 1.807) is 24.3 Å². The summed E-state index contributed by atoms with van der Waals surface area (Å²) in [6, 6.07) is 9.42. The average Bonchev–Trinajstić information content (AvgIpc) is 2.45. The van der Waals surface area contributed by atoms with Gasteiger partial charge in [-0.1, -0.05) is 0 Å². The molecule has 0 unspecified atom stereocenters. The summed E-state index contributed by atoms with van der Waals surface area (Å²) < 4.78 is 26.4. The summed E-state index contributed by atoms with van der Waals surface area (Å²) in [6.07, 6.45) is 0. The van der Waals surface area contributed by atoms with Crippen LogP contribution in [-0.2, 0) is 0 Å². The second-order valence-corrected chi connectivity index (χ2v) is 4.38. The quantitative estimate of drug-likeness (QED) is 0.518. The third-order valence-corrected chi connectivity index (χ3v) is 2.82. The number of carbonyl (C=O) groups excluding carboxylic acids is 1. The maximum Gasteiger partial charge on any atom is 0.271 e. The molecule has 0 saturated heterocycles. The van der Waals surface area contributed by atoms with Crippen LogP contribution in [0.1, 0.15) is 22.8 Å². The third-order valence-electron chi connectivity index (χ3n) is 2.82. The number of rotatable bonds is 3. The molecule has 108 valence electrons. The highest BCUT2D eigenvalue weighted by Crippen LogP contribution is 2.10. The predicted molar refractivity (Wildman–Crippen MR) is 76.9 cm³/mol. The van der Waals surface area contributed by atoms with E-state index in [9.17, 15) is 13.6 Å². The Labute approximate surface area is 120 Å². The number of anilines is 1. The van der Waals surface area contributed by atoms with Crippen LogP contribution in [-0.4, -0.2) is 11.6 Å². The van der Waals surface area contributed by atoms with E-state index in [2.05, 4.69) is 10.5 Å². The Hall–Kier alpha value is -2.76. The van der Waals surface area contributed by atoms with Gasteiger partial charge in [0.2, 0.25) is 0 Å². The van der Waals surface area contributed by atoms with E-state index in [-0.39, 0.29) is 11.3 Å². The van der Waals surface area contributed by atoms with Gasteiger partial charge < -0.3 is 5.73 Å². The Balaban J connectivity index is 2.12. The van der Waals surface area contributed by atoms with Gasteiger partial charge in [-0.3, -0.25) is 4.79 Å². The molecule has 0 heterocycles. The van der Waals surface area contributed by atoms with Gasteiger partial charge in [-0.15, -0.1) is 0 Å². The summed E-state index contributed by atoms with van der Waals surface area (Å²) in [5.74, 6) is -1.86. The molecule has 0 saturated carbocycles. The van der Waals surface area contributed by atoms with Crippen molar-refractivity contribution in [1.29, 1.82) is 0 Å². The molecule has 0 bridgehead atoms. The Morgan fingerprint density at radius 1 is 1.14 bits per heavy atom. The lowest BCUT2D eigenvalue weighted by molar-refractivity contribution is 0.0955. The highest BCUT2D eigenvalue weighted by atomic mass is 19.1. The highest BCUT2D eigenvalue weighted by Gasteiger charge is 2.08. The van der Waals surface area contributed by atoms with E-state index in [1.165, 1.54) is 13.0 Å². The smallest absolute Gasteiger partial charge is 0.271 e. The van der Waals surface area contributed by atoms with Gasteiger partial charge in [0.05, 0.1) is 5.71 Å². The Kier molecular flexibility index (Phi) is 4.27. The minimum Gasteiger partial charge on any atom is -0.399 e. The summed E-state index contributed by atoms with van der Waals surface area (Å²) in [5, 5.41) is 3.81. The molecule has 3 N–H and O–H groups in total. The molecule has 0 radical (unpaired) electrons. The van der Waals surface area contributed by atoms with Crippen LogP contribution in [0.5, 0.6) is 0 Å². The van der Waals surface area contributed by atoms with Crippen LogP contribution in [0.15, 0.2) is 47.6 Å². The minimum atomic E-state index is -0.738. The molecule has 0 atom stereocenters. The molecule has 2 aromatic rings. The molecule has 4 nitrogen and oxygen atoms in total. The van der Waals surface area contributed by atoms with Gasteiger partial charge in [-0.25, -0.2) is 14.2 Å². The first-order chi connectivity index (χ1) is 9.97. The molecule has 0 aliphatic rings. The molecule has 0 aliphatic carbocycles. The van der Waals surface area contributed by atoms with E-state index in [0.29, 0.717) is 11.3 Å². The first-order valence-corrected chi connectivity index (χ1v) is 6.13. The van der Waals surface area contributed by atoms with Crippen molar-refractivity contribution in [3.63, 3.8) is 0 Å². The number of nitrogens with zero attached hydrogens (tertiary/aromatic N) is 1. The zero-order valence-corrected chi connectivity index (χ0v) is 11.2. The number of benzene rings is 2. The van der Waals surface area contributed by atoms with Crippen molar-refractivity contribution in [2.75, 3.05) is 5.73 Å². The molecule has 0 aromatic heterocycles. The first-order valence-electron chi connectivity index (χ1n) is 6.13. The molecule has 0 spiro atoms. The van der Waals surface area contributed by atoms with Crippen molar-refractivity contribution in [3.05, 3.63) is 65.2 Å². The number of hydrogen-bond acceptors (Lipinski definition) is 3. The number of hydrogen-bond donors (Lipinski definition) is 2. The second-order valence-electron chi connectivity index (χ2n) is 4.38. The van der Waals surface area contributed by atoms with Gasteiger partial charge in [-0.05, 0) is 43.3 Å². The van der Waals surface area contributed by atoms with Gasteiger partial charge >= 0.3 is 0 Å². The van der Waals surface area contributed by atoms with Gasteiger partial charge in [0.25, 0.3) is 5.91 Å². The van der Waals surface area contributed by atoms with Crippen molar-refractivity contribution < 1.29 is 13.6 Å². The zero-order valence-electron chi connectivity index (χ0n) is 11.2. The summed E-state index contributed by atoms with van der Waals surface area (Å²) in [6.45, 7) is 1.51. The summed E-state index contributed by atoms with van der Waals surface area (Å²) in [4.78, 5) is 11.8. The molecular weight excluding hydrogens is 276 g/mol. The monoisotopic (exact) mass is 289 g/mol. The zero-order chi connectivity index (χ0) is 15.4. The van der Waals surface area contributed by atoms with Crippen LogP contribution in [0.4, 0.5) is 14.5 Å². The fourth-order valence-corrected chi connectivity index (χ4v) is 1.68. The van der Waals surface area contributed by atoms with Gasteiger partial charge in [0.1, 0.15) is 11.6 Å². The minimum absolute atomic E-state index is 0.119. The molecule has 1 amide bonds. The largest absolute Gasteiger partial charge is 0.399 e. The standard InChI is InChI=1S/C15H13F2N3O/c1-9(13-7-4-11(16)8-14(13)17)19-20-15(21)10-2-5-12(18)6-3-10/h2-8H,18H2,1H3,(H,20,21)/b19-9+. The Morgan fingerprint density at radius 3 is 2.43 bits per heavy atom. The molecule has 2 aromatic carbocycles. The predicted octanol–water partition coefficient (Wildman–Crippen LogP) is 2.70. The summed E-state index contributed by atoms with van der Waals surface area (Å²) >= 11 is 0. The first kappa shape index (κ1) is 14.6. The second kappa shape index (κ2) is 6.13. The van der Waals surface area contributed by atoms with Crippen molar-refractivity contribution in [1.82, 2.24) is 5.43 Å². The lowest BCUT2D eigenvalue weighted by Gasteiger charge is -2.04. The van der Waals surface area contributed by atoms with Crippen molar-refractivity contribution >= 4 is 17.3 Å². The Morgan fingerprint density at radius 2 is 1.81 bits per heavy atom. The van der Waals surface area contributed by atoms with Crippen LogP contribution in [0.3, 0.4) is 0 Å². The number of nitrogens with two attached hydrogens (primary N) is 1. The van der Waals surface area contributed by atoms with Gasteiger partial charge in [0.15, 0.2) is 0 Å². The maximum absolute atomic E-state index is 13.5. The van der Waals surface area contributed by atoms with Crippen LogP contribution >= 0.6 is 0 Å². The lowest BCUT2D eigenvalue weighted by Crippen LogP contribution is -2.19. The number of halogens is 2. The van der Waals surface area contributed by atoms with E-state index in [1.807, 2.05) is 0 Å². The lowest BCUT2D eigenvalue weighted by atomic mass is 10.1. The molecular formula is C15H13F2N3O.